The van der Waals surface area contributed by atoms with Crippen molar-refractivity contribution in [3.8, 4) is 23.0 Å². The molecule has 2 N–H and O–H groups in total. The van der Waals surface area contributed by atoms with E-state index >= 15 is 0 Å². The molecule has 3 aliphatic heterocycles. The summed E-state index contributed by atoms with van der Waals surface area (Å²) in [7, 11) is 1.57. The Morgan fingerprint density at radius 1 is 1.02 bits per heavy atom. The molecule has 220 valence electrons. The molecule has 9 nitrogen and oxygen atoms in total. The third-order valence-corrected chi connectivity index (χ3v) is 8.88. The van der Waals surface area contributed by atoms with E-state index in [-0.39, 0.29) is 36.0 Å². The van der Waals surface area contributed by atoms with E-state index in [2.05, 4.69) is 14.8 Å². The van der Waals surface area contributed by atoms with Crippen molar-refractivity contribution in [3.05, 3.63) is 47.5 Å². The molecule has 1 saturated carbocycles. The molecule has 1 unspecified atom stereocenters. The SMILES string of the molecule is COc1ccc2c(c1)OC1(CCN(C(=O)C(C)(C)CO)CC1)CC2NC(=O)C1(c2ccc3c(c2)OC(F)(F)O3)CC1. The van der Waals surface area contributed by atoms with Gasteiger partial charge in [-0.3, -0.25) is 9.59 Å². The summed E-state index contributed by atoms with van der Waals surface area (Å²) in [5.74, 6) is 0.806. The Balaban J connectivity index is 1.24. The molecule has 2 aromatic carbocycles. The first kappa shape index (κ1) is 27.6. The number of carbonyl (C=O) groups is 2. The van der Waals surface area contributed by atoms with Crippen LogP contribution in [-0.2, 0) is 15.0 Å². The minimum absolute atomic E-state index is 0.0589. The Labute approximate surface area is 236 Å². The summed E-state index contributed by atoms with van der Waals surface area (Å²) in [6.07, 6.45) is -0.940. The van der Waals surface area contributed by atoms with Gasteiger partial charge in [0.25, 0.3) is 0 Å². The number of aliphatic hydroxyl groups is 1. The zero-order valence-electron chi connectivity index (χ0n) is 23.3. The number of aliphatic hydroxyl groups excluding tert-OH is 1. The van der Waals surface area contributed by atoms with Gasteiger partial charge in [-0.05, 0) is 56.5 Å². The molecule has 0 bridgehead atoms. The number of benzene rings is 2. The number of halogens is 2. The van der Waals surface area contributed by atoms with E-state index in [1.165, 1.54) is 12.1 Å². The predicted octanol–water partition coefficient (Wildman–Crippen LogP) is 4.07. The lowest BCUT2D eigenvalue weighted by atomic mass is 9.79. The van der Waals surface area contributed by atoms with Crippen LogP contribution in [0, 0.1) is 5.41 Å². The second-order valence-electron chi connectivity index (χ2n) is 12.2. The summed E-state index contributed by atoms with van der Waals surface area (Å²) < 4.78 is 48.3. The molecule has 41 heavy (non-hydrogen) atoms. The lowest BCUT2D eigenvalue weighted by molar-refractivity contribution is -0.286. The average molecular weight is 573 g/mol. The van der Waals surface area contributed by atoms with Crippen LogP contribution in [0.1, 0.15) is 63.1 Å². The summed E-state index contributed by atoms with van der Waals surface area (Å²) >= 11 is 0. The number of rotatable bonds is 6. The molecular weight excluding hydrogens is 538 g/mol. The minimum atomic E-state index is -3.73. The van der Waals surface area contributed by atoms with Crippen LogP contribution in [0.2, 0.25) is 0 Å². The quantitative estimate of drug-likeness (QED) is 0.538. The van der Waals surface area contributed by atoms with Gasteiger partial charge < -0.3 is 34.3 Å². The highest BCUT2D eigenvalue weighted by atomic mass is 19.3. The molecule has 1 saturated heterocycles. The smallest absolute Gasteiger partial charge is 0.497 e. The van der Waals surface area contributed by atoms with Crippen molar-refractivity contribution in [3.63, 3.8) is 0 Å². The topological polar surface area (TPSA) is 107 Å². The molecule has 2 aromatic rings. The van der Waals surface area contributed by atoms with Crippen LogP contribution in [-0.4, -0.2) is 60.5 Å². The van der Waals surface area contributed by atoms with Gasteiger partial charge in [-0.2, -0.15) is 0 Å². The van der Waals surface area contributed by atoms with E-state index in [1.807, 2.05) is 18.2 Å². The Hall–Kier alpha value is -3.60. The fourth-order valence-electron chi connectivity index (χ4n) is 6.14. The molecule has 11 heteroatoms. The number of alkyl halides is 2. The van der Waals surface area contributed by atoms with Crippen molar-refractivity contribution in [2.45, 2.75) is 69.3 Å². The lowest BCUT2D eigenvalue weighted by Gasteiger charge is -2.48. The maximum atomic E-state index is 13.8. The number of ether oxygens (including phenoxy) is 4. The molecule has 2 fully saturated rings. The van der Waals surface area contributed by atoms with E-state index < -0.39 is 22.7 Å². The van der Waals surface area contributed by atoms with Crippen molar-refractivity contribution in [1.82, 2.24) is 10.2 Å². The monoisotopic (exact) mass is 572 g/mol. The van der Waals surface area contributed by atoms with Crippen molar-refractivity contribution < 1.29 is 42.4 Å². The lowest BCUT2D eigenvalue weighted by Crippen LogP contribution is -2.55. The molecule has 1 spiro atoms. The van der Waals surface area contributed by atoms with Crippen LogP contribution in [0.3, 0.4) is 0 Å². The molecular formula is C30H34F2N2O7. The number of nitrogens with zero attached hydrogens (tertiary/aromatic N) is 1. The molecule has 0 radical (unpaired) electrons. The van der Waals surface area contributed by atoms with Crippen molar-refractivity contribution in [2.24, 2.45) is 5.41 Å². The minimum Gasteiger partial charge on any atom is -0.497 e. The Morgan fingerprint density at radius 2 is 1.73 bits per heavy atom. The van der Waals surface area contributed by atoms with Crippen molar-refractivity contribution >= 4 is 11.8 Å². The van der Waals surface area contributed by atoms with Gasteiger partial charge in [0.1, 0.15) is 17.1 Å². The van der Waals surface area contributed by atoms with Gasteiger partial charge in [-0.1, -0.05) is 6.07 Å². The number of hydrogen-bond donors (Lipinski definition) is 2. The van der Waals surface area contributed by atoms with E-state index in [0.29, 0.717) is 62.3 Å². The summed E-state index contributed by atoms with van der Waals surface area (Å²) in [4.78, 5) is 28.6. The number of methoxy groups -OCH3 is 1. The van der Waals surface area contributed by atoms with Crippen LogP contribution in [0.25, 0.3) is 0 Å². The second kappa shape index (κ2) is 9.47. The fourth-order valence-corrected chi connectivity index (χ4v) is 6.14. The van der Waals surface area contributed by atoms with Gasteiger partial charge in [-0.25, -0.2) is 0 Å². The van der Waals surface area contributed by atoms with Crippen LogP contribution in [0.4, 0.5) is 8.78 Å². The molecule has 3 heterocycles. The number of likely N-dealkylation sites (tertiary alicyclic amines) is 1. The van der Waals surface area contributed by atoms with Crippen LogP contribution in [0.5, 0.6) is 23.0 Å². The third-order valence-electron chi connectivity index (χ3n) is 8.88. The standard InChI is InChI=1S/C30H34F2N2O7/c1-27(2,17-35)26(37)34-12-10-28(11-13-34)16-21(20-6-5-19(38-3)15-23(20)39-28)33-25(36)29(8-9-29)18-4-7-22-24(14-18)41-30(31,32)40-22/h4-7,14-15,21,35H,8-13,16-17H2,1-3H3,(H,33,36). The maximum absolute atomic E-state index is 13.8. The Bertz CT molecular complexity index is 1380. The summed E-state index contributed by atoms with van der Waals surface area (Å²) in [6.45, 7) is 4.15. The largest absolute Gasteiger partial charge is 0.586 e. The van der Waals surface area contributed by atoms with E-state index in [9.17, 15) is 23.5 Å². The first-order valence-electron chi connectivity index (χ1n) is 13.9. The Morgan fingerprint density at radius 3 is 2.39 bits per heavy atom. The van der Waals surface area contributed by atoms with E-state index in [4.69, 9.17) is 9.47 Å². The first-order chi connectivity index (χ1) is 19.4. The highest BCUT2D eigenvalue weighted by Gasteiger charge is 2.54. The van der Waals surface area contributed by atoms with Crippen LogP contribution in [0.15, 0.2) is 36.4 Å². The molecule has 1 atom stereocenters. The second-order valence-corrected chi connectivity index (χ2v) is 12.2. The van der Waals surface area contributed by atoms with Gasteiger partial charge in [-0.15, -0.1) is 8.78 Å². The number of piperidine rings is 1. The number of amides is 2. The van der Waals surface area contributed by atoms with Crippen LogP contribution >= 0.6 is 0 Å². The highest BCUT2D eigenvalue weighted by Crippen LogP contribution is 2.53. The average Bonchev–Trinajstić information content (AvgIpc) is 3.69. The van der Waals surface area contributed by atoms with Gasteiger partial charge in [0.05, 0.1) is 30.6 Å². The molecule has 0 aromatic heterocycles. The van der Waals surface area contributed by atoms with Gasteiger partial charge in [0.15, 0.2) is 11.5 Å². The number of nitrogens with one attached hydrogen (secondary N) is 1. The molecule has 1 aliphatic carbocycles. The highest BCUT2D eigenvalue weighted by molar-refractivity contribution is 5.92. The Kier molecular flexibility index (Phi) is 6.37. The van der Waals surface area contributed by atoms with E-state index in [1.54, 1.807) is 31.9 Å². The van der Waals surface area contributed by atoms with Gasteiger partial charge >= 0.3 is 6.29 Å². The van der Waals surface area contributed by atoms with Gasteiger partial charge in [0.2, 0.25) is 11.8 Å². The predicted molar refractivity (Wildman–Crippen MR) is 142 cm³/mol. The molecule has 6 rings (SSSR count). The number of fused-ring (bicyclic) bond motifs is 2. The van der Waals surface area contributed by atoms with Crippen molar-refractivity contribution in [1.29, 1.82) is 0 Å². The van der Waals surface area contributed by atoms with Gasteiger partial charge in [0, 0.05) is 44.0 Å². The maximum Gasteiger partial charge on any atom is 0.586 e. The first-order valence-corrected chi connectivity index (χ1v) is 13.9. The zero-order chi connectivity index (χ0) is 29.2. The summed E-state index contributed by atoms with van der Waals surface area (Å²) in [5.41, 5.74) is -0.897. The number of hydrogen-bond acceptors (Lipinski definition) is 7. The zero-order valence-corrected chi connectivity index (χ0v) is 23.3. The molecule has 4 aliphatic rings. The fraction of sp³-hybridized carbons (Fsp3) is 0.533. The normalized spacial score (nSPS) is 22.9. The molecule has 2 amide bonds. The third kappa shape index (κ3) is 4.83. The summed E-state index contributed by atoms with van der Waals surface area (Å²) in [5, 5.41) is 12.9. The van der Waals surface area contributed by atoms with E-state index in [0.717, 1.165) is 5.56 Å². The summed E-state index contributed by atoms with van der Waals surface area (Å²) in [6, 6.07) is 9.67. The number of carbonyl (C=O) groups excluding carboxylic acids is 2. The van der Waals surface area contributed by atoms with Crippen LogP contribution < -0.4 is 24.3 Å². The van der Waals surface area contributed by atoms with Crippen molar-refractivity contribution in [2.75, 3.05) is 26.8 Å².